The fraction of sp³-hybridized carbons (Fsp3) is 0.579. The molecule has 0 aliphatic carbocycles. The van der Waals surface area contributed by atoms with Crippen molar-refractivity contribution in [3.8, 4) is 0 Å². The molecule has 1 fully saturated rings. The Labute approximate surface area is 173 Å². The molecule has 1 aromatic carbocycles. The third-order valence-corrected chi connectivity index (χ3v) is 5.75. The van der Waals surface area contributed by atoms with E-state index in [1.54, 1.807) is 19.4 Å². The van der Waals surface area contributed by atoms with Crippen LogP contribution in [0.1, 0.15) is 24.2 Å². The van der Waals surface area contributed by atoms with Gasteiger partial charge in [0.1, 0.15) is 41.6 Å². The van der Waals surface area contributed by atoms with Gasteiger partial charge in [0.25, 0.3) is 0 Å². The lowest BCUT2D eigenvalue weighted by Crippen LogP contribution is -2.59. The molecule has 1 aliphatic heterocycles. The molecule has 0 saturated carbocycles. The molecule has 1 aromatic heterocycles. The van der Waals surface area contributed by atoms with Crippen LogP contribution in [0.4, 0.5) is 0 Å². The standard InChI is InChI=1S/C19H27N3O6S/c1-11(23)14(18-16(25)15(24)17(26)19(28-18)29-2)22-8-13(20-21-22)10-27-9-12-6-4-3-5-7-12/h3-8,11,14-19,23-26H,9-10H2,1-2H3/t11-,14-,15+,16-,17-,18-,19-/m1/s1. The number of benzene rings is 1. The zero-order valence-electron chi connectivity index (χ0n) is 16.3. The summed E-state index contributed by atoms with van der Waals surface area (Å²) in [6.45, 7) is 2.20. The van der Waals surface area contributed by atoms with Crippen LogP contribution in [-0.4, -0.2) is 77.6 Å². The van der Waals surface area contributed by atoms with Crippen LogP contribution in [0.2, 0.25) is 0 Å². The molecule has 7 atom stereocenters. The smallest absolute Gasteiger partial charge is 0.132 e. The number of aliphatic hydroxyl groups is 4. The Morgan fingerprint density at radius 1 is 1.14 bits per heavy atom. The second-order valence-electron chi connectivity index (χ2n) is 7.08. The number of ether oxygens (including phenoxy) is 2. The van der Waals surface area contributed by atoms with Crippen LogP contribution in [0.5, 0.6) is 0 Å². The molecule has 1 aliphatic rings. The molecule has 29 heavy (non-hydrogen) atoms. The summed E-state index contributed by atoms with van der Waals surface area (Å²) < 4.78 is 12.8. The number of hydrogen-bond donors (Lipinski definition) is 4. The summed E-state index contributed by atoms with van der Waals surface area (Å²) in [7, 11) is 0. The van der Waals surface area contributed by atoms with Gasteiger partial charge in [-0.2, -0.15) is 0 Å². The molecule has 0 bridgehead atoms. The second-order valence-corrected chi connectivity index (χ2v) is 8.01. The van der Waals surface area contributed by atoms with E-state index >= 15 is 0 Å². The lowest BCUT2D eigenvalue weighted by molar-refractivity contribution is -0.216. The predicted octanol–water partition coefficient (Wildman–Crippen LogP) is 0.0874. The highest BCUT2D eigenvalue weighted by Gasteiger charge is 2.48. The van der Waals surface area contributed by atoms with Crippen LogP contribution in [-0.2, 0) is 22.7 Å². The van der Waals surface area contributed by atoms with E-state index in [0.29, 0.717) is 12.3 Å². The molecule has 0 spiro atoms. The van der Waals surface area contributed by atoms with E-state index in [9.17, 15) is 20.4 Å². The lowest BCUT2D eigenvalue weighted by atomic mass is 9.92. The first-order valence-corrected chi connectivity index (χ1v) is 10.6. The summed E-state index contributed by atoms with van der Waals surface area (Å²) >= 11 is 1.21. The van der Waals surface area contributed by atoms with E-state index in [1.807, 2.05) is 30.3 Å². The van der Waals surface area contributed by atoms with E-state index in [2.05, 4.69) is 10.3 Å². The van der Waals surface area contributed by atoms with Crippen LogP contribution in [0, 0.1) is 0 Å². The Kier molecular flexibility index (Phi) is 7.63. The second kappa shape index (κ2) is 9.98. The highest BCUT2D eigenvalue weighted by atomic mass is 32.2. The monoisotopic (exact) mass is 425 g/mol. The molecule has 0 radical (unpaired) electrons. The Bertz CT molecular complexity index is 759. The summed E-state index contributed by atoms with van der Waals surface area (Å²) in [5.41, 5.74) is 0.854. The van der Waals surface area contributed by atoms with Gasteiger partial charge in [0.15, 0.2) is 0 Å². The maximum Gasteiger partial charge on any atom is 0.132 e. The van der Waals surface area contributed by atoms with Crippen molar-refractivity contribution in [3.63, 3.8) is 0 Å². The zero-order chi connectivity index (χ0) is 21.0. The summed E-state index contributed by atoms with van der Waals surface area (Å²) in [6, 6.07) is 8.92. The summed E-state index contributed by atoms with van der Waals surface area (Å²) in [5, 5.41) is 49.1. The van der Waals surface area contributed by atoms with Crippen molar-refractivity contribution in [2.45, 2.75) is 62.1 Å². The van der Waals surface area contributed by atoms with Crippen molar-refractivity contribution in [2.24, 2.45) is 0 Å². The van der Waals surface area contributed by atoms with Crippen molar-refractivity contribution in [1.29, 1.82) is 0 Å². The molecule has 1 saturated heterocycles. The van der Waals surface area contributed by atoms with Gasteiger partial charge in [0, 0.05) is 0 Å². The lowest BCUT2D eigenvalue weighted by Gasteiger charge is -2.43. The molecule has 9 nitrogen and oxygen atoms in total. The van der Waals surface area contributed by atoms with Gasteiger partial charge in [-0.15, -0.1) is 16.9 Å². The molecule has 0 unspecified atom stereocenters. The normalized spacial score (nSPS) is 29.5. The summed E-state index contributed by atoms with van der Waals surface area (Å²) in [4.78, 5) is 0. The molecule has 10 heteroatoms. The molecular weight excluding hydrogens is 398 g/mol. The van der Waals surface area contributed by atoms with E-state index in [0.717, 1.165) is 5.56 Å². The minimum absolute atomic E-state index is 0.226. The summed E-state index contributed by atoms with van der Waals surface area (Å²) in [5.74, 6) is 0. The number of rotatable bonds is 8. The van der Waals surface area contributed by atoms with Gasteiger partial charge in [-0.3, -0.25) is 0 Å². The maximum absolute atomic E-state index is 10.4. The minimum Gasteiger partial charge on any atom is -0.391 e. The van der Waals surface area contributed by atoms with Gasteiger partial charge >= 0.3 is 0 Å². The SMILES string of the molecule is CS[C@H]1O[C@H]([C@@H]([C@@H](C)O)n2cc(COCc3ccccc3)nn2)[C@H](O)[C@H](O)[C@H]1O. The Morgan fingerprint density at radius 2 is 1.86 bits per heavy atom. The highest BCUT2D eigenvalue weighted by molar-refractivity contribution is 7.99. The number of nitrogens with zero attached hydrogens (tertiary/aromatic N) is 3. The van der Waals surface area contributed by atoms with E-state index in [-0.39, 0.29) is 6.61 Å². The quantitative estimate of drug-likeness (QED) is 0.465. The van der Waals surface area contributed by atoms with E-state index < -0.39 is 42.0 Å². The Morgan fingerprint density at radius 3 is 2.52 bits per heavy atom. The van der Waals surface area contributed by atoms with Gasteiger partial charge in [-0.1, -0.05) is 35.5 Å². The van der Waals surface area contributed by atoms with Gasteiger partial charge in [-0.05, 0) is 18.7 Å². The predicted molar refractivity (Wildman–Crippen MR) is 106 cm³/mol. The van der Waals surface area contributed by atoms with Crippen LogP contribution < -0.4 is 0 Å². The Hall–Kier alpha value is -1.53. The van der Waals surface area contributed by atoms with Gasteiger partial charge in [0.05, 0.1) is 25.5 Å². The first kappa shape index (κ1) is 22.2. The van der Waals surface area contributed by atoms with Crippen molar-refractivity contribution in [1.82, 2.24) is 15.0 Å². The average Bonchev–Trinajstić information content (AvgIpc) is 3.17. The largest absolute Gasteiger partial charge is 0.391 e. The van der Waals surface area contributed by atoms with Gasteiger partial charge in [0.2, 0.25) is 0 Å². The number of hydrogen-bond acceptors (Lipinski definition) is 9. The van der Waals surface area contributed by atoms with E-state index in [4.69, 9.17) is 9.47 Å². The molecule has 3 rings (SSSR count). The number of aliphatic hydroxyl groups excluding tert-OH is 4. The van der Waals surface area contributed by atoms with Crippen LogP contribution in [0.25, 0.3) is 0 Å². The summed E-state index contributed by atoms with van der Waals surface area (Å²) in [6.07, 6.45) is -2.62. The first-order chi connectivity index (χ1) is 13.9. The third-order valence-electron chi connectivity index (χ3n) is 4.89. The minimum atomic E-state index is -1.40. The average molecular weight is 426 g/mol. The molecule has 2 heterocycles. The molecule has 160 valence electrons. The van der Waals surface area contributed by atoms with Crippen LogP contribution in [0.3, 0.4) is 0 Å². The van der Waals surface area contributed by atoms with Gasteiger partial charge in [-0.25, -0.2) is 4.68 Å². The van der Waals surface area contributed by atoms with Crippen molar-refractivity contribution in [3.05, 3.63) is 47.8 Å². The molecule has 0 amide bonds. The molecule has 4 N–H and O–H groups in total. The van der Waals surface area contributed by atoms with Gasteiger partial charge < -0.3 is 29.9 Å². The van der Waals surface area contributed by atoms with Crippen LogP contribution in [0.15, 0.2) is 36.5 Å². The number of aromatic nitrogens is 3. The topological polar surface area (TPSA) is 130 Å². The fourth-order valence-electron chi connectivity index (χ4n) is 3.37. The molecule has 2 aromatic rings. The zero-order valence-corrected chi connectivity index (χ0v) is 17.1. The first-order valence-electron chi connectivity index (χ1n) is 9.35. The van der Waals surface area contributed by atoms with E-state index in [1.165, 1.54) is 16.4 Å². The van der Waals surface area contributed by atoms with Crippen molar-refractivity contribution < 1.29 is 29.9 Å². The van der Waals surface area contributed by atoms with Crippen molar-refractivity contribution >= 4 is 11.8 Å². The fourth-order valence-corrected chi connectivity index (χ4v) is 4.05. The van der Waals surface area contributed by atoms with Crippen LogP contribution >= 0.6 is 11.8 Å². The third kappa shape index (κ3) is 5.15. The number of thioether (sulfide) groups is 1. The van der Waals surface area contributed by atoms with Crippen molar-refractivity contribution in [2.75, 3.05) is 6.26 Å². The maximum atomic E-state index is 10.4. The molecular formula is C19H27N3O6S. The highest BCUT2D eigenvalue weighted by Crippen LogP contribution is 2.33. The Balaban J connectivity index is 1.69.